The molecule has 2 aromatic rings. The highest BCUT2D eigenvalue weighted by atomic mass is 19.1. The first-order chi connectivity index (χ1) is 10.0. The fourth-order valence-corrected chi connectivity index (χ4v) is 2.22. The second kappa shape index (κ2) is 6.76. The molecule has 0 aliphatic carbocycles. The number of benzene rings is 2. The van der Waals surface area contributed by atoms with E-state index in [2.05, 4.69) is 5.32 Å². The molecule has 0 amide bonds. The van der Waals surface area contributed by atoms with Crippen molar-refractivity contribution in [1.82, 2.24) is 5.32 Å². The van der Waals surface area contributed by atoms with Crippen LogP contribution in [0.3, 0.4) is 0 Å². The first-order valence-electron chi connectivity index (χ1n) is 6.97. The largest absolute Gasteiger partial charge is 0.306 e. The van der Waals surface area contributed by atoms with E-state index in [-0.39, 0.29) is 5.82 Å². The van der Waals surface area contributed by atoms with E-state index in [1.54, 1.807) is 19.1 Å². The Kier molecular flexibility index (Phi) is 5.02. The summed E-state index contributed by atoms with van der Waals surface area (Å²) in [5, 5.41) is 3.18. The van der Waals surface area contributed by atoms with E-state index in [1.807, 2.05) is 6.92 Å². The van der Waals surface area contributed by atoms with Crippen molar-refractivity contribution >= 4 is 0 Å². The second-order valence-electron chi connectivity index (χ2n) is 5.06. The van der Waals surface area contributed by atoms with Gasteiger partial charge in [-0.3, -0.25) is 0 Å². The normalized spacial score (nSPS) is 12.4. The lowest BCUT2D eigenvalue weighted by Gasteiger charge is -2.20. The fourth-order valence-electron chi connectivity index (χ4n) is 2.22. The predicted molar refractivity (Wildman–Crippen MR) is 77.6 cm³/mol. The Morgan fingerprint density at radius 2 is 1.76 bits per heavy atom. The summed E-state index contributed by atoms with van der Waals surface area (Å²) in [4.78, 5) is 0. The first-order valence-corrected chi connectivity index (χ1v) is 6.97. The van der Waals surface area contributed by atoms with Gasteiger partial charge >= 0.3 is 0 Å². The zero-order chi connectivity index (χ0) is 15.4. The van der Waals surface area contributed by atoms with Gasteiger partial charge in [0, 0.05) is 11.6 Å². The minimum Gasteiger partial charge on any atom is -0.306 e. The summed E-state index contributed by atoms with van der Waals surface area (Å²) < 4.78 is 40.8. The van der Waals surface area contributed by atoms with Crippen LogP contribution in [0.5, 0.6) is 0 Å². The van der Waals surface area contributed by atoms with Crippen LogP contribution < -0.4 is 5.32 Å². The summed E-state index contributed by atoms with van der Waals surface area (Å²) in [5.74, 6) is -1.59. The van der Waals surface area contributed by atoms with Gasteiger partial charge in [0.1, 0.15) is 17.5 Å². The highest BCUT2D eigenvalue weighted by Gasteiger charge is 2.18. The van der Waals surface area contributed by atoms with Crippen molar-refractivity contribution < 1.29 is 13.2 Å². The summed E-state index contributed by atoms with van der Waals surface area (Å²) in [5.41, 5.74) is 1.47. The van der Waals surface area contributed by atoms with Crippen LogP contribution in [-0.2, 0) is 0 Å². The molecule has 1 unspecified atom stereocenters. The van der Waals surface area contributed by atoms with Crippen molar-refractivity contribution in [2.45, 2.75) is 26.3 Å². The lowest BCUT2D eigenvalue weighted by molar-refractivity contribution is 0.529. The first kappa shape index (κ1) is 15.6. The van der Waals surface area contributed by atoms with E-state index >= 15 is 0 Å². The van der Waals surface area contributed by atoms with Crippen LogP contribution in [-0.4, -0.2) is 6.54 Å². The molecule has 0 spiro atoms. The molecule has 0 aliphatic heterocycles. The zero-order valence-corrected chi connectivity index (χ0v) is 12.1. The molecule has 0 radical (unpaired) electrons. The van der Waals surface area contributed by atoms with Gasteiger partial charge in [0.2, 0.25) is 0 Å². The summed E-state index contributed by atoms with van der Waals surface area (Å²) >= 11 is 0. The molecular weight excluding hydrogens is 275 g/mol. The monoisotopic (exact) mass is 293 g/mol. The molecule has 0 aliphatic rings. The zero-order valence-electron chi connectivity index (χ0n) is 12.1. The van der Waals surface area contributed by atoms with Gasteiger partial charge in [0.25, 0.3) is 0 Å². The molecule has 112 valence electrons. The van der Waals surface area contributed by atoms with E-state index in [0.29, 0.717) is 23.2 Å². The molecule has 2 rings (SSSR count). The lowest BCUT2D eigenvalue weighted by atomic mass is 9.97. The maximum Gasteiger partial charge on any atom is 0.131 e. The van der Waals surface area contributed by atoms with Crippen molar-refractivity contribution in [3.8, 4) is 0 Å². The Hall–Kier alpha value is -1.81. The van der Waals surface area contributed by atoms with Gasteiger partial charge in [0.15, 0.2) is 0 Å². The van der Waals surface area contributed by atoms with Crippen LogP contribution in [0.15, 0.2) is 36.4 Å². The average Bonchev–Trinajstić information content (AvgIpc) is 2.44. The van der Waals surface area contributed by atoms with E-state index < -0.39 is 17.7 Å². The quantitative estimate of drug-likeness (QED) is 0.855. The number of rotatable bonds is 5. The second-order valence-corrected chi connectivity index (χ2v) is 5.06. The van der Waals surface area contributed by atoms with Crippen molar-refractivity contribution in [1.29, 1.82) is 0 Å². The van der Waals surface area contributed by atoms with Crippen molar-refractivity contribution in [3.05, 3.63) is 70.5 Å². The van der Waals surface area contributed by atoms with Gasteiger partial charge in [0.05, 0.1) is 6.04 Å². The summed E-state index contributed by atoms with van der Waals surface area (Å²) in [6.45, 7) is 4.31. The standard InChI is InChI=1S/C17H18F3N/c1-3-8-21-17(12-5-4-11(2)15(19)9-12)14-7-6-13(18)10-16(14)20/h4-7,9-10,17,21H,3,8H2,1-2H3. The summed E-state index contributed by atoms with van der Waals surface area (Å²) in [7, 11) is 0. The van der Waals surface area contributed by atoms with Gasteiger partial charge in [-0.2, -0.15) is 0 Å². The van der Waals surface area contributed by atoms with E-state index in [9.17, 15) is 13.2 Å². The fraction of sp³-hybridized carbons (Fsp3) is 0.294. The smallest absolute Gasteiger partial charge is 0.131 e. The lowest BCUT2D eigenvalue weighted by Crippen LogP contribution is -2.24. The molecule has 1 atom stereocenters. The maximum absolute atomic E-state index is 14.0. The molecule has 0 heterocycles. The number of aryl methyl sites for hydroxylation is 1. The molecule has 0 aromatic heterocycles. The minimum absolute atomic E-state index is 0.313. The molecule has 4 heteroatoms. The SMILES string of the molecule is CCCNC(c1ccc(C)c(F)c1)c1ccc(F)cc1F. The van der Waals surface area contributed by atoms with Gasteiger partial charge in [-0.1, -0.05) is 25.1 Å². The summed E-state index contributed by atoms with van der Waals surface area (Å²) in [6.07, 6.45) is 0.855. The average molecular weight is 293 g/mol. The molecule has 1 nitrogen and oxygen atoms in total. The highest BCUT2D eigenvalue weighted by molar-refractivity contribution is 5.35. The third-order valence-electron chi connectivity index (χ3n) is 3.40. The van der Waals surface area contributed by atoms with Crippen LogP contribution in [0.1, 0.15) is 36.1 Å². The predicted octanol–water partition coefficient (Wildman–Crippen LogP) is 4.50. The van der Waals surface area contributed by atoms with E-state index in [0.717, 1.165) is 12.5 Å². The molecule has 0 bridgehead atoms. The molecule has 0 saturated carbocycles. The molecule has 1 N–H and O–H groups in total. The van der Waals surface area contributed by atoms with Gasteiger partial charge in [-0.15, -0.1) is 0 Å². The topological polar surface area (TPSA) is 12.0 Å². The molecule has 21 heavy (non-hydrogen) atoms. The van der Waals surface area contributed by atoms with Crippen molar-refractivity contribution in [2.24, 2.45) is 0 Å². The third-order valence-corrected chi connectivity index (χ3v) is 3.40. The highest BCUT2D eigenvalue weighted by Crippen LogP contribution is 2.26. The third kappa shape index (κ3) is 3.64. The summed E-state index contributed by atoms with van der Waals surface area (Å²) in [6, 6.07) is 7.77. The Labute approximate surface area is 122 Å². The van der Waals surface area contributed by atoms with Crippen LogP contribution >= 0.6 is 0 Å². The van der Waals surface area contributed by atoms with Gasteiger partial charge in [-0.25, -0.2) is 13.2 Å². The number of nitrogens with one attached hydrogen (secondary N) is 1. The Balaban J connectivity index is 2.44. The number of halogens is 3. The van der Waals surface area contributed by atoms with Crippen molar-refractivity contribution in [3.63, 3.8) is 0 Å². The van der Waals surface area contributed by atoms with E-state index in [4.69, 9.17) is 0 Å². The van der Waals surface area contributed by atoms with Gasteiger partial charge in [-0.05, 0) is 43.1 Å². The van der Waals surface area contributed by atoms with Crippen LogP contribution in [0.4, 0.5) is 13.2 Å². The van der Waals surface area contributed by atoms with Crippen molar-refractivity contribution in [2.75, 3.05) is 6.54 Å². The molecule has 2 aromatic carbocycles. The van der Waals surface area contributed by atoms with Crippen LogP contribution in [0, 0.1) is 24.4 Å². The van der Waals surface area contributed by atoms with E-state index in [1.165, 1.54) is 18.2 Å². The maximum atomic E-state index is 14.0. The Morgan fingerprint density at radius 3 is 2.38 bits per heavy atom. The molecule has 0 fully saturated rings. The minimum atomic E-state index is -0.635. The number of hydrogen-bond acceptors (Lipinski definition) is 1. The molecular formula is C17H18F3N. The van der Waals surface area contributed by atoms with Gasteiger partial charge < -0.3 is 5.32 Å². The Morgan fingerprint density at radius 1 is 1.00 bits per heavy atom. The molecule has 0 saturated heterocycles. The number of hydrogen-bond donors (Lipinski definition) is 1. The van der Waals surface area contributed by atoms with Crippen LogP contribution in [0.2, 0.25) is 0 Å². The Bertz CT molecular complexity index is 625. The van der Waals surface area contributed by atoms with Crippen LogP contribution in [0.25, 0.3) is 0 Å².